The highest BCUT2D eigenvalue weighted by Gasteiger charge is 2.42. The van der Waals surface area contributed by atoms with Gasteiger partial charge < -0.3 is 14.8 Å². The number of benzene rings is 1. The Bertz CT molecular complexity index is 898. The van der Waals surface area contributed by atoms with Gasteiger partial charge in [-0.3, -0.25) is 9.59 Å². The van der Waals surface area contributed by atoms with E-state index in [1.54, 1.807) is 0 Å². The van der Waals surface area contributed by atoms with Crippen molar-refractivity contribution in [1.82, 2.24) is 14.8 Å². The fraction of sp³-hybridized carbons (Fsp3) is 0.500. The number of carbonyl (C=O) groups is 2. The van der Waals surface area contributed by atoms with Gasteiger partial charge in [0.1, 0.15) is 5.69 Å². The van der Waals surface area contributed by atoms with E-state index >= 15 is 0 Å². The maximum atomic E-state index is 13.2. The van der Waals surface area contributed by atoms with Gasteiger partial charge >= 0.3 is 0 Å². The minimum atomic E-state index is -0.406. The van der Waals surface area contributed by atoms with Gasteiger partial charge in [0, 0.05) is 36.5 Å². The van der Waals surface area contributed by atoms with Gasteiger partial charge in [-0.05, 0) is 51.3 Å². The molecule has 0 bridgehead atoms. The summed E-state index contributed by atoms with van der Waals surface area (Å²) in [5.41, 5.74) is 1.99. The molecule has 0 spiro atoms. The summed E-state index contributed by atoms with van der Waals surface area (Å²) in [6.45, 7) is 7.73. The summed E-state index contributed by atoms with van der Waals surface area (Å²) in [7, 11) is 0. The second-order valence-electron chi connectivity index (χ2n) is 8.14. The number of amides is 2. The molecule has 0 unspecified atom stereocenters. The fourth-order valence-corrected chi connectivity index (χ4v) is 4.07. The first-order chi connectivity index (χ1) is 12.3. The summed E-state index contributed by atoms with van der Waals surface area (Å²) >= 11 is 6.39. The largest absolute Gasteiger partial charge is 0.350 e. The van der Waals surface area contributed by atoms with E-state index in [0.29, 0.717) is 30.4 Å². The number of hydrogen-bond acceptors (Lipinski definition) is 2. The molecule has 26 heavy (non-hydrogen) atoms. The average Bonchev–Trinajstić information content (AvgIpc) is 3.35. The third kappa shape index (κ3) is 2.88. The first-order valence-electron chi connectivity index (χ1n) is 9.16. The number of aromatic amines is 1. The number of carbonyl (C=O) groups excluding carboxylic acids is 2. The van der Waals surface area contributed by atoms with Crippen molar-refractivity contribution in [3.63, 3.8) is 0 Å². The van der Waals surface area contributed by atoms with Crippen molar-refractivity contribution < 1.29 is 9.59 Å². The van der Waals surface area contributed by atoms with Gasteiger partial charge in [-0.1, -0.05) is 17.7 Å². The normalized spacial score (nSPS) is 19.8. The molecule has 1 aromatic carbocycles. The summed E-state index contributed by atoms with van der Waals surface area (Å²) in [4.78, 5) is 32.5. The molecule has 2 amide bonds. The molecule has 2 fully saturated rings. The third-order valence-corrected chi connectivity index (χ3v) is 6.05. The molecule has 0 radical (unpaired) electrons. The maximum Gasteiger partial charge on any atom is 0.270 e. The number of H-pyrrole nitrogens is 1. The van der Waals surface area contributed by atoms with Crippen LogP contribution in [0.4, 0.5) is 0 Å². The predicted molar refractivity (Wildman–Crippen MR) is 102 cm³/mol. The monoisotopic (exact) mass is 373 g/mol. The van der Waals surface area contributed by atoms with Crippen molar-refractivity contribution in [3.8, 4) is 0 Å². The average molecular weight is 374 g/mol. The number of fused-ring (bicyclic) bond motifs is 1. The zero-order valence-corrected chi connectivity index (χ0v) is 16.2. The van der Waals surface area contributed by atoms with Crippen molar-refractivity contribution in [2.75, 3.05) is 19.6 Å². The molecule has 1 aliphatic carbocycles. The highest BCUT2D eigenvalue weighted by Crippen LogP contribution is 2.34. The van der Waals surface area contributed by atoms with Crippen LogP contribution in [0.15, 0.2) is 18.2 Å². The van der Waals surface area contributed by atoms with Crippen LogP contribution in [0.1, 0.15) is 42.7 Å². The Morgan fingerprint density at radius 1 is 1.23 bits per heavy atom. The van der Waals surface area contributed by atoms with Crippen molar-refractivity contribution in [2.45, 2.75) is 39.2 Å². The van der Waals surface area contributed by atoms with Crippen LogP contribution in [-0.4, -0.2) is 51.8 Å². The van der Waals surface area contributed by atoms with Gasteiger partial charge in [0.05, 0.1) is 10.6 Å². The zero-order valence-electron chi connectivity index (χ0n) is 15.4. The number of nitrogens with zero attached hydrogens (tertiary/aromatic N) is 2. The molecule has 1 N–H and O–H groups in total. The SMILES string of the molecule is Cc1ccc2[nH]c(C(=O)N3CCN(C(=O)C4CC4)CC3(C)C)cc2c1Cl. The second kappa shape index (κ2) is 6.02. The Labute approximate surface area is 158 Å². The highest BCUT2D eigenvalue weighted by molar-refractivity contribution is 6.36. The molecule has 0 atom stereocenters. The van der Waals surface area contributed by atoms with Gasteiger partial charge in [0.15, 0.2) is 0 Å². The number of piperazine rings is 1. The lowest BCUT2D eigenvalue weighted by Gasteiger charge is -2.47. The van der Waals surface area contributed by atoms with Crippen LogP contribution < -0.4 is 0 Å². The van der Waals surface area contributed by atoms with Crippen LogP contribution in [0.25, 0.3) is 10.9 Å². The van der Waals surface area contributed by atoms with E-state index in [9.17, 15) is 9.59 Å². The van der Waals surface area contributed by atoms with Crippen LogP contribution in [0.3, 0.4) is 0 Å². The Morgan fingerprint density at radius 2 is 1.96 bits per heavy atom. The molecule has 2 heterocycles. The molecule has 1 aromatic heterocycles. The first kappa shape index (κ1) is 17.4. The number of nitrogens with one attached hydrogen (secondary N) is 1. The highest BCUT2D eigenvalue weighted by atomic mass is 35.5. The quantitative estimate of drug-likeness (QED) is 0.874. The van der Waals surface area contributed by atoms with Crippen molar-refractivity contribution >= 4 is 34.3 Å². The summed E-state index contributed by atoms with van der Waals surface area (Å²) < 4.78 is 0. The van der Waals surface area contributed by atoms with Crippen LogP contribution in [0.5, 0.6) is 0 Å². The van der Waals surface area contributed by atoms with Crippen molar-refractivity contribution in [3.05, 3.63) is 34.5 Å². The fourth-order valence-electron chi connectivity index (χ4n) is 3.85. The first-order valence-corrected chi connectivity index (χ1v) is 9.54. The molecule has 2 aliphatic rings. The number of rotatable bonds is 2. The standard InChI is InChI=1S/C20H24ClN3O2/c1-12-4-7-15-14(17(12)21)10-16(22-15)19(26)24-9-8-23(11-20(24,2)3)18(25)13-5-6-13/h4,7,10,13,22H,5-6,8-9,11H2,1-3H3. The number of halogens is 1. The third-order valence-electron chi connectivity index (χ3n) is 5.55. The molecular weight excluding hydrogens is 350 g/mol. The summed E-state index contributed by atoms with van der Waals surface area (Å²) in [6.07, 6.45) is 2.02. The van der Waals surface area contributed by atoms with E-state index in [0.717, 1.165) is 29.3 Å². The summed E-state index contributed by atoms with van der Waals surface area (Å²) in [5, 5.41) is 1.55. The molecule has 4 rings (SSSR count). The van der Waals surface area contributed by atoms with Crippen LogP contribution in [0.2, 0.25) is 5.02 Å². The molecule has 2 aromatic rings. The van der Waals surface area contributed by atoms with Gasteiger partial charge in [0.2, 0.25) is 5.91 Å². The molecule has 6 heteroatoms. The molecule has 5 nitrogen and oxygen atoms in total. The van der Waals surface area contributed by atoms with E-state index in [1.807, 2.05) is 48.8 Å². The smallest absolute Gasteiger partial charge is 0.270 e. The maximum absolute atomic E-state index is 13.2. The van der Waals surface area contributed by atoms with Crippen LogP contribution >= 0.6 is 11.6 Å². The zero-order chi connectivity index (χ0) is 18.6. The minimum Gasteiger partial charge on any atom is -0.350 e. The van der Waals surface area contributed by atoms with E-state index < -0.39 is 5.54 Å². The summed E-state index contributed by atoms with van der Waals surface area (Å²) in [6, 6.07) is 5.73. The Kier molecular flexibility index (Phi) is 4.03. The number of hydrogen-bond donors (Lipinski definition) is 1. The van der Waals surface area contributed by atoms with E-state index in [-0.39, 0.29) is 17.7 Å². The van der Waals surface area contributed by atoms with Gasteiger partial charge in [-0.25, -0.2) is 0 Å². The predicted octanol–water partition coefficient (Wildman–Crippen LogP) is 3.60. The second-order valence-corrected chi connectivity index (χ2v) is 8.52. The molecule has 138 valence electrons. The van der Waals surface area contributed by atoms with Crippen molar-refractivity contribution in [2.24, 2.45) is 5.92 Å². The molecule has 1 aliphatic heterocycles. The lowest BCUT2D eigenvalue weighted by atomic mass is 9.97. The van der Waals surface area contributed by atoms with Crippen LogP contribution in [0, 0.1) is 12.8 Å². The molecular formula is C20H24ClN3O2. The minimum absolute atomic E-state index is 0.0431. The van der Waals surface area contributed by atoms with Gasteiger partial charge in [0.25, 0.3) is 5.91 Å². The lowest BCUT2D eigenvalue weighted by molar-refractivity contribution is -0.136. The Balaban J connectivity index is 1.58. The topological polar surface area (TPSA) is 56.4 Å². The van der Waals surface area contributed by atoms with E-state index in [4.69, 9.17) is 11.6 Å². The van der Waals surface area contributed by atoms with Gasteiger partial charge in [-0.2, -0.15) is 0 Å². The van der Waals surface area contributed by atoms with E-state index in [2.05, 4.69) is 4.98 Å². The number of aryl methyl sites for hydroxylation is 1. The molecule has 1 saturated heterocycles. The Morgan fingerprint density at radius 3 is 2.62 bits per heavy atom. The van der Waals surface area contributed by atoms with Gasteiger partial charge in [-0.15, -0.1) is 0 Å². The van der Waals surface area contributed by atoms with Crippen LogP contribution in [-0.2, 0) is 4.79 Å². The lowest BCUT2D eigenvalue weighted by Crippen LogP contribution is -2.62. The Hall–Kier alpha value is -2.01. The van der Waals surface area contributed by atoms with Crippen molar-refractivity contribution in [1.29, 1.82) is 0 Å². The molecule has 1 saturated carbocycles. The summed E-state index contributed by atoms with van der Waals surface area (Å²) in [5.74, 6) is 0.420. The van der Waals surface area contributed by atoms with E-state index in [1.165, 1.54) is 0 Å². The number of aromatic nitrogens is 1.